The number of fused-ring (bicyclic) bond motifs is 4. The number of rotatable bonds is 5. The van der Waals surface area contributed by atoms with Gasteiger partial charge in [-0.25, -0.2) is 0 Å². The minimum absolute atomic E-state index is 0.352. The van der Waals surface area contributed by atoms with E-state index in [0.29, 0.717) is 5.56 Å². The topological polar surface area (TPSA) is 68.1 Å². The number of nitrogens with one attached hydrogen (secondary N) is 2. The molecular formula is C34H28N4O2. The molecule has 6 aromatic rings. The Bertz CT molecular complexity index is 1940. The van der Waals surface area contributed by atoms with E-state index in [0.717, 1.165) is 55.3 Å². The summed E-state index contributed by atoms with van der Waals surface area (Å²) in [7, 11) is 0. The van der Waals surface area contributed by atoms with Gasteiger partial charge in [-0.2, -0.15) is 0 Å². The molecule has 0 saturated heterocycles. The summed E-state index contributed by atoms with van der Waals surface area (Å²) >= 11 is 0. The van der Waals surface area contributed by atoms with Crippen LogP contribution in [-0.4, -0.2) is 20.9 Å². The number of carbonyl (C=O) groups excluding carboxylic acids is 2. The number of hydrogen-bond acceptors (Lipinski definition) is 2. The maximum Gasteiger partial charge on any atom is 0.269 e. The maximum absolute atomic E-state index is 13.3. The van der Waals surface area contributed by atoms with Crippen molar-refractivity contribution in [2.24, 2.45) is 0 Å². The number of aromatic nitrogens is 2. The number of hydrazine groups is 1. The number of benzene rings is 4. The van der Waals surface area contributed by atoms with Crippen LogP contribution in [0.4, 0.5) is 0 Å². The van der Waals surface area contributed by atoms with Crippen molar-refractivity contribution in [2.75, 3.05) is 0 Å². The summed E-state index contributed by atoms with van der Waals surface area (Å²) < 4.78 is 4.33. The first-order valence-corrected chi connectivity index (χ1v) is 13.1. The van der Waals surface area contributed by atoms with Gasteiger partial charge in [0.25, 0.3) is 5.91 Å². The lowest BCUT2D eigenvalue weighted by atomic mass is 10.1. The van der Waals surface area contributed by atoms with Gasteiger partial charge in [0.05, 0.1) is 22.2 Å². The number of amides is 2. The fourth-order valence-corrected chi connectivity index (χ4v) is 5.50. The first-order valence-electron chi connectivity index (χ1n) is 13.1. The second-order valence-electron chi connectivity index (χ2n) is 9.60. The van der Waals surface area contributed by atoms with Crippen LogP contribution in [0.3, 0.4) is 0 Å². The van der Waals surface area contributed by atoms with Crippen molar-refractivity contribution >= 4 is 56.7 Å². The number of para-hydroxylation sites is 3. The molecule has 0 atom stereocenters. The van der Waals surface area contributed by atoms with Gasteiger partial charge in [-0.15, -0.1) is 0 Å². The fourth-order valence-electron chi connectivity index (χ4n) is 5.50. The van der Waals surface area contributed by atoms with E-state index in [4.69, 9.17) is 0 Å². The molecule has 0 fully saturated rings. The third-order valence-electron chi connectivity index (χ3n) is 7.09. The second kappa shape index (κ2) is 10.1. The Balaban J connectivity index is 1.70. The summed E-state index contributed by atoms with van der Waals surface area (Å²) in [6, 6.07) is 30.5. The van der Waals surface area contributed by atoms with E-state index in [1.165, 1.54) is 6.92 Å². The van der Waals surface area contributed by atoms with Crippen molar-refractivity contribution in [1.29, 1.82) is 0 Å². The van der Waals surface area contributed by atoms with Gasteiger partial charge < -0.3 is 9.13 Å². The van der Waals surface area contributed by atoms with Crippen LogP contribution in [0.1, 0.15) is 35.5 Å². The van der Waals surface area contributed by atoms with Crippen LogP contribution in [0.5, 0.6) is 0 Å². The van der Waals surface area contributed by atoms with E-state index >= 15 is 0 Å². The highest BCUT2D eigenvalue weighted by Crippen LogP contribution is 2.35. The molecule has 0 saturated carbocycles. The standard InChI is InChI=1S/C34H28N4O2/c1-4-12-30-26(5-2)27-13-6-9-16-31(27)37(30)24-19-23(34(40)36-35-22(3)39)20-25(21-24)38-32-17-10-7-14-28(32)29-15-8-11-18-33(29)38/h4-21H,2H2,1,3H3,(H,35,39)(H,36,40)/b12-4-. The predicted octanol–water partition coefficient (Wildman–Crippen LogP) is 7.18. The smallest absolute Gasteiger partial charge is 0.269 e. The largest absolute Gasteiger partial charge is 0.309 e. The molecule has 6 rings (SSSR count). The van der Waals surface area contributed by atoms with E-state index in [-0.39, 0.29) is 5.91 Å². The van der Waals surface area contributed by atoms with E-state index < -0.39 is 5.91 Å². The molecule has 0 aliphatic rings. The molecule has 40 heavy (non-hydrogen) atoms. The van der Waals surface area contributed by atoms with E-state index in [1.54, 1.807) is 0 Å². The lowest BCUT2D eigenvalue weighted by Crippen LogP contribution is -2.40. The molecule has 2 heterocycles. The number of allylic oxidation sites excluding steroid dienone is 1. The van der Waals surface area contributed by atoms with Crippen molar-refractivity contribution in [1.82, 2.24) is 20.0 Å². The van der Waals surface area contributed by atoms with Crippen LogP contribution in [0, 0.1) is 0 Å². The summed E-state index contributed by atoms with van der Waals surface area (Å²) in [5, 5.41) is 3.32. The third-order valence-corrected chi connectivity index (χ3v) is 7.09. The summed E-state index contributed by atoms with van der Waals surface area (Å²) in [4.78, 5) is 24.9. The molecule has 4 aromatic carbocycles. The highest BCUT2D eigenvalue weighted by atomic mass is 16.2. The van der Waals surface area contributed by atoms with Gasteiger partial charge in [-0.05, 0) is 49.4 Å². The molecule has 6 nitrogen and oxygen atoms in total. The number of nitrogens with zero attached hydrogens (tertiary/aromatic N) is 2. The van der Waals surface area contributed by atoms with Crippen LogP contribution in [-0.2, 0) is 4.79 Å². The van der Waals surface area contributed by atoms with Gasteiger partial charge >= 0.3 is 0 Å². The fraction of sp³-hybridized carbons (Fsp3) is 0.0588. The average molecular weight is 525 g/mol. The van der Waals surface area contributed by atoms with Crippen molar-refractivity contribution in [3.05, 3.63) is 120 Å². The zero-order valence-electron chi connectivity index (χ0n) is 22.3. The molecule has 0 spiro atoms. The Hall–Kier alpha value is -5.36. The van der Waals surface area contributed by atoms with Crippen LogP contribution in [0.2, 0.25) is 0 Å². The van der Waals surface area contributed by atoms with Gasteiger partial charge in [-0.1, -0.05) is 73.3 Å². The highest BCUT2D eigenvalue weighted by Gasteiger charge is 2.19. The van der Waals surface area contributed by atoms with Crippen molar-refractivity contribution in [3.63, 3.8) is 0 Å². The summed E-state index contributed by atoms with van der Waals surface area (Å²) in [5.74, 6) is -0.762. The van der Waals surface area contributed by atoms with Crippen LogP contribution in [0.15, 0.2) is 104 Å². The van der Waals surface area contributed by atoms with Gasteiger partial charge in [0.15, 0.2) is 0 Å². The molecule has 6 heteroatoms. The van der Waals surface area contributed by atoms with Crippen molar-refractivity contribution < 1.29 is 9.59 Å². The van der Waals surface area contributed by atoms with Gasteiger partial charge in [0.2, 0.25) is 5.91 Å². The number of hydrogen-bond donors (Lipinski definition) is 2. The molecule has 0 radical (unpaired) electrons. The summed E-state index contributed by atoms with van der Waals surface area (Å²) in [5.41, 5.74) is 12.0. The minimum atomic E-state index is -0.410. The van der Waals surface area contributed by atoms with Gasteiger partial charge in [-0.3, -0.25) is 20.4 Å². The Morgan fingerprint density at radius 1 is 0.725 bits per heavy atom. The molecule has 2 amide bonds. The highest BCUT2D eigenvalue weighted by molar-refractivity contribution is 6.09. The molecule has 0 aliphatic carbocycles. The summed E-state index contributed by atoms with van der Waals surface area (Å²) in [6.45, 7) is 7.42. The van der Waals surface area contributed by atoms with E-state index in [1.807, 2.05) is 67.6 Å². The minimum Gasteiger partial charge on any atom is -0.309 e. The molecule has 2 N–H and O–H groups in total. The molecule has 2 aromatic heterocycles. The molecule has 0 unspecified atom stereocenters. The Kier molecular flexibility index (Phi) is 6.28. The van der Waals surface area contributed by atoms with Crippen LogP contribution >= 0.6 is 0 Å². The van der Waals surface area contributed by atoms with Crippen LogP contribution < -0.4 is 10.9 Å². The molecule has 0 aliphatic heterocycles. The van der Waals surface area contributed by atoms with Crippen LogP contribution in [0.25, 0.3) is 56.2 Å². The second-order valence-corrected chi connectivity index (χ2v) is 9.60. The first kappa shape index (κ1) is 24.9. The lowest BCUT2D eigenvalue weighted by Gasteiger charge is -2.16. The first-order chi connectivity index (χ1) is 19.5. The quantitative estimate of drug-likeness (QED) is 0.235. The molecular weight excluding hydrogens is 496 g/mol. The monoisotopic (exact) mass is 524 g/mol. The van der Waals surface area contributed by atoms with Crippen molar-refractivity contribution in [2.45, 2.75) is 13.8 Å². The Labute approximate surface area is 231 Å². The SMILES string of the molecule is C=Cc1c(/C=C\C)n(-c2cc(C(=O)NNC(C)=O)cc(-n3c4ccccc4c4ccccc43)c2)c2ccccc12. The Morgan fingerprint density at radius 2 is 1.25 bits per heavy atom. The zero-order chi connectivity index (χ0) is 27.8. The van der Waals surface area contributed by atoms with Gasteiger partial charge in [0, 0.05) is 45.6 Å². The Morgan fingerprint density at radius 3 is 1.80 bits per heavy atom. The zero-order valence-corrected chi connectivity index (χ0v) is 22.3. The lowest BCUT2D eigenvalue weighted by molar-refractivity contribution is -0.119. The average Bonchev–Trinajstić information content (AvgIpc) is 3.48. The number of carbonyl (C=O) groups is 2. The predicted molar refractivity (Wildman–Crippen MR) is 164 cm³/mol. The molecule has 196 valence electrons. The maximum atomic E-state index is 13.3. The van der Waals surface area contributed by atoms with Crippen molar-refractivity contribution in [3.8, 4) is 11.4 Å². The molecule has 0 bridgehead atoms. The van der Waals surface area contributed by atoms with E-state index in [2.05, 4.69) is 75.1 Å². The normalized spacial score (nSPS) is 11.4. The van der Waals surface area contributed by atoms with Gasteiger partial charge in [0.1, 0.15) is 0 Å². The van der Waals surface area contributed by atoms with E-state index in [9.17, 15) is 9.59 Å². The summed E-state index contributed by atoms with van der Waals surface area (Å²) in [6.07, 6.45) is 5.93. The third kappa shape index (κ3) is 4.07.